The van der Waals surface area contributed by atoms with Gasteiger partial charge in [-0.15, -0.1) is 0 Å². The zero-order valence-electron chi connectivity index (χ0n) is 8.76. The maximum absolute atomic E-state index is 11.1. The van der Waals surface area contributed by atoms with Crippen LogP contribution < -0.4 is 0 Å². The van der Waals surface area contributed by atoms with Gasteiger partial charge in [-0.3, -0.25) is 4.79 Å². The fraction of sp³-hybridized carbons (Fsp3) is 0.900. The molecule has 0 saturated carbocycles. The molecule has 72 valence electrons. The summed E-state index contributed by atoms with van der Waals surface area (Å²) in [5.74, 6) is 0.982. The number of carbonyl (C=O) groups is 1. The van der Waals surface area contributed by atoms with Gasteiger partial charge in [0.15, 0.2) is 0 Å². The lowest BCUT2D eigenvalue weighted by molar-refractivity contribution is -0.129. The van der Waals surface area contributed by atoms with Crippen LogP contribution in [0.3, 0.4) is 0 Å². The van der Waals surface area contributed by atoms with Crippen LogP contribution in [0.15, 0.2) is 0 Å². The molecule has 0 heterocycles. The molecular weight excluding hydrogens is 150 g/mol. The lowest BCUT2D eigenvalue weighted by Crippen LogP contribution is -2.27. The van der Waals surface area contributed by atoms with Crippen molar-refractivity contribution < 1.29 is 4.79 Å². The molecule has 0 aliphatic rings. The highest BCUT2D eigenvalue weighted by molar-refractivity contribution is 5.75. The summed E-state index contributed by atoms with van der Waals surface area (Å²) < 4.78 is 0. The average molecular weight is 171 g/mol. The molecular formula is C10H21NO. The standard InChI is InChI=1S/C10H21NO/c1-5-9(3)7-8-11(4)10(12)6-2/h9H,5-8H2,1-4H3. The van der Waals surface area contributed by atoms with Crippen molar-refractivity contribution >= 4 is 5.91 Å². The van der Waals surface area contributed by atoms with Gasteiger partial charge in [0, 0.05) is 20.0 Å². The fourth-order valence-corrected chi connectivity index (χ4v) is 1.01. The largest absolute Gasteiger partial charge is 0.346 e. The van der Waals surface area contributed by atoms with E-state index in [1.165, 1.54) is 6.42 Å². The first-order valence-electron chi connectivity index (χ1n) is 4.85. The molecule has 0 aliphatic carbocycles. The zero-order valence-corrected chi connectivity index (χ0v) is 8.76. The minimum atomic E-state index is 0.248. The Kier molecular flexibility index (Phi) is 5.77. The topological polar surface area (TPSA) is 20.3 Å². The Morgan fingerprint density at radius 3 is 2.42 bits per heavy atom. The first-order valence-corrected chi connectivity index (χ1v) is 4.85. The molecule has 1 atom stereocenters. The third-order valence-corrected chi connectivity index (χ3v) is 2.38. The second-order valence-electron chi connectivity index (χ2n) is 3.47. The third kappa shape index (κ3) is 4.37. The maximum atomic E-state index is 11.1. The predicted molar refractivity (Wildman–Crippen MR) is 52.0 cm³/mol. The molecule has 0 radical (unpaired) electrons. The number of rotatable bonds is 5. The summed E-state index contributed by atoms with van der Waals surface area (Å²) in [5.41, 5.74) is 0. The number of hydrogen-bond acceptors (Lipinski definition) is 1. The van der Waals surface area contributed by atoms with Crippen molar-refractivity contribution in [3.05, 3.63) is 0 Å². The van der Waals surface area contributed by atoms with E-state index in [9.17, 15) is 4.79 Å². The minimum absolute atomic E-state index is 0.248. The second kappa shape index (κ2) is 6.04. The van der Waals surface area contributed by atoms with E-state index in [1.807, 2.05) is 18.9 Å². The molecule has 0 bridgehead atoms. The van der Waals surface area contributed by atoms with Crippen molar-refractivity contribution in [1.82, 2.24) is 4.90 Å². The summed E-state index contributed by atoms with van der Waals surface area (Å²) >= 11 is 0. The molecule has 0 aromatic carbocycles. The molecule has 1 unspecified atom stereocenters. The fourth-order valence-electron chi connectivity index (χ4n) is 1.01. The van der Waals surface area contributed by atoms with Crippen LogP contribution in [-0.2, 0) is 4.79 Å². The van der Waals surface area contributed by atoms with Crippen LogP contribution in [0.2, 0.25) is 0 Å². The molecule has 0 saturated heterocycles. The van der Waals surface area contributed by atoms with Gasteiger partial charge in [-0.1, -0.05) is 27.2 Å². The van der Waals surface area contributed by atoms with Crippen molar-refractivity contribution in [2.45, 2.75) is 40.0 Å². The Balaban J connectivity index is 3.56. The molecule has 0 fully saturated rings. The van der Waals surface area contributed by atoms with Crippen molar-refractivity contribution in [3.63, 3.8) is 0 Å². The van der Waals surface area contributed by atoms with E-state index in [-0.39, 0.29) is 5.91 Å². The van der Waals surface area contributed by atoms with Gasteiger partial charge in [-0.2, -0.15) is 0 Å². The molecule has 2 heteroatoms. The second-order valence-corrected chi connectivity index (χ2v) is 3.47. The quantitative estimate of drug-likeness (QED) is 0.621. The minimum Gasteiger partial charge on any atom is -0.346 e. The lowest BCUT2D eigenvalue weighted by Gasteiger charge is -2.18. The highest BCUT2D eigenvalue weighted by atomic mass is 16.2. The number of hydrogen-bond donors (Lipinski definition) is 0. The van der Waals surface area contributed by atoms with Crippen molar-refractivity contribution in [1.29, 1.82) is 0 Å². The normalized spacial score (nSPS) is 12.7. The van der Waals surface area contributed by atoms with Crippen LogP contribution in [0, 0.1) is 5.92 Å². The zero-order chi connectivity index (χ0) is 9.56. The van der Waals surface area contributed by atoms with E-state index in [0.29, 0.717) is 6.42 Å². The van der Waals surface area contributed by atoms with Gasteiger partial charge >= 0.3 is 0 Å². The molecule has 12 heavy (non-hydrogen) atoms. The summed E-state index contributed by atoms with van der Waals surface area (Å²) in [6.07, 6.45) is 2.95. The molecule has 2 nitrogen and oxygen atoms in total. The van der Waals surface area contributed by atoms with E-state index in [2.05, 4.69) is 13.8 Å². The predicted octanol–water partition coefficient (Wildman–Crippen LogP) is 2.29. The Morgan fingerprint density at radius 1 is 1.42 bits per heavy atom. The summed E-state index contributed by atoms with van der Waals surface area (Å²) in [6, 6.07) is 0. The summed E-state index contributed by atoms with van der Waals surface area (Å²) in [4.78, 5) is 13.0. The Labute approximate surface area is 75.9 Å². The van der Waals surface area contributed by atoms with Crippen LogP contribution in [0.5, 0.6) is 0 Å². The maximum Gasteiger partial charge on any atom is 0.222 e. The van der Waals surface area contributed by atoms with E-state index in [4.69, 9.17) is 0 Å². The van der Waals surface area contributed by atoms with Gasteiger partial charge < -0.3 is 4.90 Å². The summed E-state index contributed by atoms with van der Waals surface area (Å²) in [6.45, 7) is 7.22. The van der Waals surface area contributed by atoms with Gasteiger partial charge in [0.2, 0.25) is 5.91 Å². The molecule has 0 N–H and O–H groups in total. The van der Waals surface area contributed by atoms with Crippen LogP contribution in [0.1, 0.15) is 40.0 Å². The lowest BCUT2D eigenvalue weighted by atomic mass is 10.1. The molecule has 0 rings (SSSR count). The van der Waals surface area contributed by atoms with E-state index in [0.717, 1.165) is 18.9 Å². The van der Waals surface area contributed by atoms with Crippen LogP contribution in [0.25, 0.3) is 0 Å². The summed E-state index contributed by atoms with van der Waals surface area (Å²) in [5, 5.41) is 0. The molecule has 0 aromatic heterocycles. The molecule has 1 amide bonds. The highest BCUT2D eigenvalue weighted by Crippen LogP contribution is 2.06. The first-order chi connectivity index (χ1) is 5.61. The average Bonchev–Trinajstić information content (AvgIpc) is 2.11. The van der Waals surface area contributed by atoms with E-state index < -0.39 is 0 Å². The Morgan fingerprint density at radius 2 is 2.00 bits per heavy atom. The van der Waals surface area contributed by atoms with Gasteiger partial charge in [-0.05, 0) is 12.3 Å². The Hall–Kier alpha value is -0.530. The SMILES string of the molecule is CCC(=O)N(C)CCC(C)CC. The monoisotopic (exact) mass is 171 g/mol. The van der Waals surface area contributed by atoms with E-state index >= 15 is 0 Å². The van der Waals surface area contributed by atoms with Gasteiger partial charge in [-0.25, -0.2) is 0 Å². The van der Waals surface area contributed by atoms with Crippen molar-refractivity contribution in [2.75, 3.05) is 13.6 Å². The number of nitrogens with zero attached hydrogens (tertiary/aromatic N) is 1. The molecule has 0 aliphatic heterocycles. The van der Waals surface area contributed by atoms with Crippen molar-refractivity contribution in [3.8, 4) is 0 Å². The third-order valence-electron chi connectivity index (χ3n) is 2.38. The highest BCUT2D eigenvalue weighted by Gasteiger charge is 2.06. The van der Waals surface area contributed by atoms with Crippen LogP contribution in [0.4, 0.5) is 0 Å². The number of carbonyl (C=O) groups excluding carboxylic acids is 1. The summed E-state index contributed by atoms with van der Waals surface area (Å²) in [7, 11) is 1.88. The smallest absolute Gasteiger partial charge is 0.222 e. The van der Waals surface area contributed by atoms with Crippen LogP contribution >= 0.6 is 0 Å². The van der Waals surface area contributed by atoms with Crippen LogP contribution in [-0.4, -0.2) is 24.4 Å². The van der Waals surface area contributed by atoms with E-state index in [1.54, 1.807) is 0 Å². The number of amides is 1. The van der Waals surface area contributed by atoms with Gasteiger partial charge in [0.25, 0.3) is 0 Å². The van der Waals surface area contributed by atoms with Gasteiger partial charge in [0.05, 0.1) is 0 Å². The van der Waals surface area contributed by atoms with Gasteiger partial charge in [0.1, 0.15) is 0 Å². The molecule has 0 aromatic rings. The van der Waals surface area contributed by atoms with Crippen molar-refractivity contribution in [2.24, 2.45) is 5.92 Å². The Bertz CT molecular complexity index is 134. The first kappa shape index (κ1) is 11.5. The molecule has 0 spiro atoms.